The first kappa shape index (κ1) is 27.9. The minimum Gasteiger partial charge on any atom is -0.299 e. The summed E-state index contributed by atoms with van der Waals surface area (Å²) < 4.78 is 52.9. The van der Waals surface area contributed by atoms with Crippen molar-refractivity contribution in [2.45, 2.75) is 38.8 Å². The first-order chi connectivity index (χ1) is 13.7. The van der Waals surface area contributed by atoms with Crippen molar-refractivity contribution in [2.75, 3.05) is 39.3 Å². The molecule has 1 saturated heterocycles. The molecule has 2 heterocycles. The minimum absolute atomic E-state index is 0. The molecule has 0 aliphatic carbocycles. The molecular weight excluding hydrogens is 455 g/mol. The molecule has 0 atom stereocenters. The molecule has 1 aromatic rings. The van der Waals surface area contributed by atoms with E-state index in [0.29, 0.717) is 31.0 Å². The van der Waals surface area contributed by atoms with Crippen molar-refractivity contribution in [2.24, 2.45) is 5.92 Å². The Morgan fingerprint density at radius 3 is 2.32 bits per heavy atom. The summed E-state index contributed by atoms with van der Waals surface area (Å²) in [5.74, 6) is 0.246. The molecule has 1 aromatic carbocycles. The van der Waals surface area contributed by atoms with Crippen LogP contribution in [0.5, 0.6) is 0 Å². The van der Waals surface area contributed by atoms with E-state index in [1.807, 2.05) is 6.08 Å². The smallest absolute Gasteiger partial charge is 0.299 e. The topological polar surface area (TPSA) is 23.6 Å². The second kappa shape index (κ2) is 12.2. The highest BCUT2D eigenvalue weighted by atomic mass is 35.5. The number of carbonyl (C=O) groups is 1. The molecule has 3 nitrogen and oxygen atoms in total. The van der Waals surface area contributed by atoms with Crippen molar-refractivity contribution in [1.82, 2.24) is 9.80 Å². The zero-order valence-corrected chi connectivity index (χ0v) is 19.2. The van der Waals surface area contributed by atoms with Gasteiger partial charge in [0.1, 0.15) is 11.6 Å². The highest BCUT2D eigenvalue weighted by Gasteiger charge is 2.31. The molecule has 0 N–H and O–H groups in total. The summed E-state index contributed by atoms with van der Waals surface area (Å²) in [6.07, 6.45) is 1.21. The minimum atomic E-state index is -4.47. The van der Waals surface area contributed by atoms with Crippen LogP contribution >= 0.6 is 24.8 Å². The average molecular weight is 485 g/mol. The maximum absolute atomic E-state index is 14.1. The van der Waals surface area contributed by atoms with Crippen LogP contribution in [0.1, 0.15) is 43.7 Å². The number of alkyl halides is 3. The van der Waals surface area contributed by atoms with E-state index in [4.69, 9.17) is 0 Å². The largest absolute Gasteiger partial charge is 0.416 e. The number of rotatable bonds is 6. The van der Waals surface area contributed by atoms with Crippen molar-refractivity contribution >= 4 is 36.2 Å². The Kier molecular flexibility index (Phi) is 11.0. The lowest BCUT2D eigenvalue weighted by molar-refractivity contribution is -0.137. The summed E-state index contributed by atoms with van der Waals surface area (Å²) in [6, 6.07) is 2.62. The number of ketones is 1. The molecule has 1 fully saturated rings. The fourth-order valence-corrected chi connectivity index (χ4v) is 4.22. The van der Waals surface area contributed by atoms with E-state index in [-0.39, 0.29) is 36.2 Å². The van der Waals surface area contributed by atoms with Gasteiger partial charge in [-0.05, 0) is 81.9 Å². The molecule has 9 heteroatoms. The molecule has 0 spiro atoms. The number of piperidine rings is 1. The molecule has 176 valence electrons. The first-order valence-electron chi connectivity index (χ1n) is 10.2. The van der Waals surface area contributed by atoms with Gasteiger partial charge >= 0.3 is 6.18 Å². The van der Waals surface area contributed by atoms with Crippen molar-refractivity contribution in [3.63, 3.8) is 0 Å². The average Bonchev–Trinajstić information content (AvgIpc) is 2.67. The van der Waals surface area contributed by atoms with Crippen LogP contribution < -0.4 is 0 Å². The third-order valence-corrected chi connectivity index (χ3v) is 5.94. The van der Waals surface area contributed by atoms with Crippen molar-refractivity contribution in [3.05, 3.63) is 41.2 Å². The van der Waals surface area contributed by atoms with Crippen molar-refractivity contribution < 1.29 is 22.4 Å². The normalized spacial score (nSPS) is 18.7. The summed E-state index contributed by atoms with van der Waals surface area (Å²) in [5, 5.41) is 0. The molecule has 31 heavy (non-hydrogen) atoms. The van der Waals surface area contributed by atoms with E-state index >= 15 is 0 Å². The van der Waals surface area contributed by atoms with Crippen LogP contribution in [0.25, 0.3) is 5.57 Å². The third-order valence-electron chi connectivity index (χ3n) is 5.94. The van der Waals surface area contributed by atoms with Gasteiger partial charge in [-0.1, -0.05) is 6.08 Å². The third kappa shape index (κ3) is 8.04. The molecular formula is C22H30Cl2F4N2O. The van der Waals surface area contributed by atoms with E-state index in [2.05, 4.69) is 9.80 Å². The molecule has 2 aliphatic heterocycles. The van der Waals surface area contributed by atoms with Gasteiger partial charge in [-0.15, -0.1) is 24.8 Å². The van der Waals surface area contributed by atoms with Gasteiger partial charge in [-0.25, -0.2) is 4.39 Å². The first-order valence-corrected chi connectivity index (χ1v) is 10.2. The van der Waals surface area contributed by atoms with Crippen LogP contribution in [-0.2, 0) is 11.0 Å². The Balaban J connectivity index is 0.00000240. The van der Waals surface area contributed by atoms with Gasteiger partial charge in [0.05, 0.1) is 12.1 Å². The predicted molar refractivity (Wildman–Crippen MR) is 119 cm³/mol. The van der Waals surface area contributed by atoms with Gasteiger partial charge in [-0.2, -0.15) is 13.2 Å². The second-order valence-electron chi connectivity index (χ2n) is 8.18. The number of carbonyl (C=O) groups excluding carboxylic acids is 1. The Hall–Kier alpha value is -1.15. The molecule has 0 saturated carbocycles. The zero-order valence-electron chi connectivity index (χ0n) is 17.6. The van der Waals surface area contributed by atoms with Gasteiger partial charge in [0.25, 0.3) is 0 Å². The van der Waals surface area contributed by atoms with Crippen LogP contribution in [0.4, 0.5) is 17.6 Å². The quantitative estimate of drug-likeness (QED) is 0.500. The molecule has 0 bridgehead atoms. The van der Waals surface area contributed by atoms with Crippen LogP contribution in [0, 0.1) is 11.7 Å². The van der Waals surface area contributed by atoms with Crippen molar-refractivity contribution in [3.8, 4) is 0 Å². The van der Waals surface area contributed by atoms with Gasteiger partial charge in [0.15, 0.2) is 0 Å². The summed E-state index contributed by atoms with van der Waals surface area (Å²) in [4.78, 5) is 15.7. The monoisotopic (exact) mass is 484 g/mol. The summed E-state index contributed by atoms with van der Waals surface area (Å²) in [6.45, 7) is 6.38. The molecule has 0 amide bonds. The zero-order chi connectivity index (χ0) is 21.0. The number of benzene rings is 1. The van der Waals surface area contributed by atoms with E-state index in [0.717, 1.165) is 63.6 Å². The number of likely N-dealkylation sites (tertiary alicyclic amines) is 1. The summed E-state index contributed by atoms with van der Waals surface area (Å²) in [7, 11) is 0. The maximum atomic E-state index is 14.1. The van der Waals surface area contributed by atoms with Crippen LogP contribution in [-0.4, -0.2) is 54.9 Å². The summed E-state index contributed by atoms with van der Waals surface area (Å²) in [5.41, 5.74) is -0.0898. The number of nitrogens with zero attached hydrogens (tertiary/aromatic N) is 2. The van der Waals surface area contributed by atoms with Crippen LogP contribution in [0.3, 0.4) is 0 Å². The standard InChI is InChI=1S/C22H28F4N2O.2ClH/c1-16(29)15-28-10-5-17(6-11-28)4-9-27-12-7-18(8-13-27)20-14-19(22(24,25)26)2-3-21(20)23;;/h2-3,7,14,17H,4-6,8-13,15H2,1H3;2*1H. The second-order valence-corrected chi connectivity index (χ2v) is 8.18. The van der Waals surface area contributed by atoms with Crippen LogP contribution in [0.2, 0.25) is 0 Å². The summed E-state index contributed by atoms with van der Waals surface area (Å²) >= 11 is 0. The lowest BCUT2D eigenvalue weighted by Crippen LogP contribution is -2.38. The predicted octanol–water partition coefficient (Wildman–Crippen LogP) is 5.47. The number of hydrogen-bond donors (Lipinski definition) is 0. The Labute approximate surface area is 193 Å². The molecule has 3 rings (SSSR count). The fourth-order valence-electron chi connectivity index (χ4n) is 4.22. The van der Waals surface area contributed by atoms with Crippen molar-refractivity contribution in [1.29, 1.82) is 0 Å². The fraction of sp³-hybridized carbons (Fsp3) is 0.591. The lowest BCUT2D eigenvalue weighted by Gasteiger charge is -2.33. The maximum Gasteiger partial charge on any atom is 0.416 e. The van der Waals surface area contributed by atoms with Gasteiger partial charge in [-0.3, -0.25) is 14.6 Å². The van der Waals surface area contributed by atoms with Gasteiger partial charge < -0.3 is 0 Å². The Morgan fingerprint density at radius 1 is 1.10 bits per heavy atom. The van der Waals surface area contributed by atoms with E-state index in [1.165, 1.54) is 0 Å². The Bertz CT molecular complexity index is 762. The van der Waals surface area contributed by atoms with Crippen LogP contribution in [0.15, 0.2) is 24.3 Å². The number of halogens is 6. The van der Waals surface area contributed by atoms with Gasteiger partial charge in [0, 0.05) is 18.7 Å². The molecule has 2 aliphatic rings. The molecule has 0 unspecified atom stereocenters. The number of hydrogen-bond acceptors (Lipinski definition) is 3. The SMILES string of the molecule is CC(=O)CN1CCC(CCN2CC=C(c3cc(C(F)(F)F)ccc3F)CC2)CC1.Cl.Cl. The van der Waals surface area contributed by atoms with E-state index in [9.17, 15) is 22.4 Å². The Morgan fingerprint density at radius 2 is 1.77 bits per heavy atom. The number of Topliss-reactive ketones (excluding diaryl/α,β-unsaturated/α-hetero) is 1. The van der Waals surface area contributed by atoms with Gasteiger partial charge in [0.2, 0.25) is 0 Å². The molecule has 0 radical (unpaired) electrons. The molecule has 0 aromatic heterocycles. The highest BCUT2D eigenvalue weighted by molar-refractivity contribution is 5.85. The van der Waals surface area contributed by atoms with E-state index < -0.39 is 17.6 Å². The lowest BCUT2D eigenvalue weighted by atomic mass is 9.92. The van der Waals surface area contributed by atoms with E-state index in [1.54, 1.807) is 6.92 Å². The highest BCUT2D eigenvalue weighted by Crippen LogP contribution is 2.33.